The molecule has 0 heterocycles. The molecule has 52 valence electrons. The van der Waals surface area contributed by atoms with E-state index >= 15 is 0 Å². The molecular formula is C3H6N2O3S. The van der Waals surface area contributed by atoms with Crippen LogP contribution in [0.2, 0.25) is 0 Å². The number of carbonyl (C=O) groups excluding carboxylic acids is 1. The lowest BCUT2D eigenvalue weighted by Gasteiger charge is -1.91. The van der Waals surface area contributed by atoms with E-state index in [1.165, 1.54) is 6.92 Å². The van der Waals surface area contributed by atoms with Crippen LogP contribution >= 0.6 is 0 Å². The van der Waals surface area contributed by atoms with Crippen LogP contribution in [0.15, 0.2) is 4.36 Å². The molecule has 0 aliphatic rings. The Morgan fingerprint density at radius 3 is 2.22 bits per heavy atom. The fourth-order valence-corrected chi connectivity index (χ4v) is 0.543. The third-order valence-electron chi connectivity index (χ3n) is 0.656. The maximum atomic E-state index is 10.1. The van der Waals surface area contributed by atoms with E-state index in [4.69, 9.17) is 0 Å². The predicted octanol–water partition coefficient (Wildman–Crippen LogP) is -1.08. The maximum absolute atomic E-state index is 10.1. The van der Waals surface area contributed by atoms with E-state index in [1.807, 2.05) is 0 Å². The molecule has 1 atom stereocenters. The van der Waals surface area contributed by atoms with Gasteiger partial charge in [-0.2, -0.15) is 12.8 Å². The van der Waals surface area contributed by atoms with Gasteiger partial charge >= 0.3 is 10.5 Å². The first kappa shape index (κ1) is 8.09. The summed E-state index contributed by atoms with van der Waals surface area (Å²) in [5, 5.41) is 0. The van der Waals surface area contributed by atoms with Crippen molar-refractivity contribution in [1.82, 2.24) is 0 Å². The number of hydrogen-bond acceptors (Lipinski definition) is 4. The summed E-state index contributed by atoms with van der Waals surface area (Å²) in [4.78, 5) is 10.1. The van der Waals surface area contributed by atoms with Crippen LogP contribution in [0, 0.1) is 0 Å². The normalized spacial score (nSPS) is 12.1. The molecule has 6 heteroatoms. The quantitative estimate of drug-likeness (QED) is 0.543. The molecule has 0 saturated heterocycles. The Hall–Kier alpha value is -0.910. The number of amides is 1. The van der Waals surface area contributed by atoms with Crippen molar-refractivity contribution in [3.8, 4) is 0 Å². The van der Waals surface area contributed by atoms with Crippen LogP contribution in [0.4, 0.5) is 0 Å². The van der Waals surface area contributed by atoms with E-state index < -0.39 is 22.4 Å². The Kier molecular flexibility index (Phi) is 2.86. The van der Waals surface area contributed by atoms with Gasteiger partial charge in [-0.1, -0.05) is 0 Å². The number of primary amides is 1. The topological polar surface area (TPSA) is 89.6 Å². The Morgan fingerprint density at radius 2 is 2.11 bits per heavy atom. The fourth-order valence-electron chi connectivity index (χ4n) is 0.181. The molecule has 1 amide bonds. The van der Waals surface area contributed by atoms with Gasteiger partial charge in [0, 0.05) is 0 Å². The Morgan fingerprint density at radius 1 is 1.67 bits per heavy atom. The summed E-state index contributed by atoms with van der Waals surface area (Å²) >= 11 is 0. The zero-order valence-corrected chi connectivity index (χ0v) is 5.55. The molecule has 5 nitrogen and oxygen atoms in total. The highest BCUT2D eigenvalue weighted by atomic mass is 32.2. The highest BCUT2D eigenvalue weighted by molar-refractivity contribution is 7.61. The minimum atomic E-state index is -2.54. The predicted molar refractivity (Wildman–Crippen MR) is 30.0 cm³/mol. The van der Waals surface area contributed by atoms with Gasteiger partial charge < -0.3 is 5.73 Å². The maximum Gasteiger partial charge on any atom is 0.311 e. The molecule has 2 N–H and O–H groups in total. The van der Waals surface area contributed by atoms with Crippen molar-refractivity contribution in [3.05, 3.63) is 0 Å². The molecule has 0 aliphatic heterocycles. The molecule has 0 spiro atoms. The zero-order valence-electron chi connectivity index (χ0n) is 4.73. The number of rotatable bonds is 2. The highest BCUT2D eigenvalue weighted by Crippen LogP contribution is 1.83. The van der Waals surface area contributed by atoms with Gasteiger partial charge in [0.05, 0.1) is 0 Å². The summed E-state index contributed by atoms with van der Waals surface area (Å²) in [6.45, 7) is 1.30. The molecule has 0 aromatic heterocycles. The third-order valence-corrected chi connectivity index (χ3v) is 1.14. The van der Waals surface area contributed by atoms with Gasteiger partial charge in [-0.15, -0.1) is 0 Å². The SMILES string of the molecule is C[C@H](N=S(=O)=O)C(N)=O. The molecule has 0 aromatic rings. The van der Waals surface area contributed by atoms with Crippen LogP contribution in [-0.2, 0) is 15.3 Å². The van der Waals surface area contributed by atoms with Crippen molar-refractivity contribution < 1.29 is 13.2 Å². The molecule has 0 rings (SSSR count). The minimum absolute atomic E-state index is 0.751. The standard InChI is InChI=1S/C3H6N2O3S/c1-2(3(4)6)5-9(7)8/h2H,1H3,(H2,4,6)/t2-/m0/s1. The summed E-state index contributed by atoms with van der Waals surface area (Å²) in [7, 11) is -2.54. The van der Waals surface area contributed by atoms with Crippen LogP contribution < -0.4 is 5.73 Å². The summed E-state index contributed by atoms with van der Waals surface area (Å²) in [6, 6.07) is -0.955. The molecule has 0 radical (unpaired) electrons. The van der Waals surface area contributed by atoms with Crippen molar-refractivity contribution in [2.24, 2.45) is 10.1 Å². The van der Waals surface area contributed by atoms with Gasteiger partial charge in [-0.25, -0.2) is 0 Å². The van der Waals surface area contributed by atoms with Gasteiger partial charge in [0.25, 0.3) is 0 Å². The van der Waals surface area contributed by atoms with Crippen LogP contribution in [0.3, 0.4) is 0 Å². The first-order chi connectivity index (χ1) is 4.04. The van der Waals surface area contributed by atoms with E-state index in [1.54, 1.807) is 0 Å². The number of hydrogen-bond donors (Lipinski definition) is 1. The van der Waals surface area contributed by atoms with Crippen molar-refractivity contribution in [2.75, 3.05) is 0 Å². The molecule has 0 bridgehead atoms. The van der Waals surface area contributed by atoms with Gasteiger partial charge in [-0.05, 0) is 6.92 Å². The molecule has 0 aliphatic carbocycles. The van der Waals surface area contributed by atoms with Gasteiger partial charge in [0.15, 0.2) is 0 Å². The van der Waals surface area contributed by atoms with Crippen LogP contribution in [0.1, 0.15) is 6.92 Å². The van der Waals surface area contributed by atoms with E-state index in [9.17, 15) is 13.2 Å². The van der Waals surface area contributed by atoms with Crippen molar-refractivity contribution in [3.63, 3.8) is 0 Å². The van der Waals surface area contributed by atoms with E-state index in [2.05, 4.69) is 10.1 Å². The van der Waals surface area contributed by atoms with Crippen LogP contribution in [0.5, 0.6) is 0 Å². The number of nitrogens with zero attached hydrogens (tertiary/aromatic N) is 1. The smallest absolute Gasteiger partial charge is 0.311 e. The Balaban J connectivity index is 4.26. The molecule has 0 saturated carbocycles. The second-order valence-electron chi connectivity index (χ2n) is 1.40. The van der Waals surface area contributed by atoms with Crippen molar-refractivity contribution >= 4 is 16.4 Å². The second-order valence-corrected chi connectivity index (χ2v) is 2.05. The van der Waals surface area contributed by atoms with Crippen molar-refractivity contribution in [1.29, 1.82) is 0 Å². The minimum Gasteiger partial charge on any atom is -0.368 e. The fraction of sp³-hybridized carbons (Fsp3) is 0.667. The lowest BCUT2D eigenvalue weighted by atomic mass is 10.4. The molecule has 0 aromatic carbocycles. The van der Waals surface area contributed by atoms with Crippen molar-refractivity contribution in [2.45, 2.75) is 13.0 Å². The Bertz CT molecular complexity index is 221. The number of carbonyl (C=O) groups is 1. The Labute approximate surface area is 53.6 Å². The first-order valence-corrected chi connectivity index (χ1v) is 3.16. The summed E-state index contributed by atoms with van der Waals surface area (Å²) in [5.41, 5.74) is 4.68. The lowest BCUT2D eigenvalue weighted by Crippen LogP contribution is -2.23. The summed E-state index contributed by atoms with van der Waals surface area (Å²) < 4.78 is 22.4. The van der Waals surface area contributed by atoms with Crippen LogP contribution in [-0.4, -0.2) is 20.4 Å². The first-order valence-electron chi connectivity index (χ1n) is 2.13. The molecule has 0 fully saturated rings. The number of nitrogens with two attached hydrogens (primary N) is 1. The van der Waals surface area contributed by atoms with Gasteiger partial charge in [0.1, 0.15) is 6.04 Å². The molecular weight excluding hydrogens is 144 g/mol. The van der Waals surface area contributed by atoms with E-state index in [0.717, 1.165) is 0 Å². The summed E-state index contributed by atoms with van der Waals surface area (Å²) in [6.07, 6.45) is 0. The third kappa shape index (κ3) is 3.65. The molecule has 0 unspecified atom stereocenters. The highest BCUT2D eigenvalue weighted by Gasteiger charge is 2.04. The molecule has 9 heavy (non-hydrogen) atoms. The monoisotopic (exact) mass is 150 g/mol. The largest absolute Gasteiger partial charge is 0.368 e. The lowest BCUT2D eigenvalue weighted by molar-refractivity contribution is -0.118. The van der Waals surface area contributed by atoms with Gasteiger partial charge in [-0.3, -0.25) is 4.79 Å². The second kappa shape index (κ2) is 3.18. The van der Waals surface area contributed by atoms with Crippen LogP contribution in [0.25, 0.3) is 0 Å². The average molecular weight is 150 g/mol. The average Bonchev–Trinajstić information content (AvgIpc) is 1.63. The summed E-state index contributed by atoms with van der Waals surface area (Å²) in [5.74, 6) is -0.751. The van der Waals surface area contributed by atoms with Gasteiger partial charge in [0.2, 0.25) is 5.91 Å². The zero-order chi connectivity index (χ0) is 7.44. The van der Waals surface area contributed by atoms with E-state index in [0.29, 0.717) is 0 Å². The van der Waals surface area contributed by atoms with E-state index in [-0.39, 0.29) is 0 Å².